The van der Waals surface area contributed by atoms with Crippen LogP contribution in [0.3, 0.4) is 0 Å². The molecule has 1 aliphatic rings. The van der Waals surface area contributed by atoms with E-state index < -0.39 is 16.8 Å². The second-order valence-corrected chi connectivity index (χ2v) is 8.23. The van der Waals surface area contributed by atoms with E-state index in [0.717, 1.165) is 11.9 Å². The molecule has 154 valence electrons. The summed E-state index contributed by atoms with van der Waals surface area (Å²) >= 11 is 6.24. The second-order valence-electron chi connectivity index (χ2n) is 6.51. The van der Waals surface area contributed by atoms with Gasteiger partial charge in [-0.2, -0.15) is 0 Å². The number of ether oxygens (including phenoxy) is 1. The van der Waals surface area contributed by atoms with Crippen molar-refractivity contribution < 1.29 is 18.1 Å². The number of hydrogen-bond donors (Lipinski definition) is 1. The fraction of sp³-hybridized carbons (Fsp3) is 0.143. The van der Waals surface area contributed by atoms with E-state index in [4.69, 9.17) is 16.3 Å². The van der Waals surface area contributed by atoms with Crippen LogP contribution in [-0.4, -0.2) is 34.2 Å². The monoisotopic (exact) mass is 445 g/mol. The highest BCUT2D eigenvalue weighted by Crippen LogP contribution is 2.29. The third kappa shape index (κ3) is 4.51. The van der Waals surface area contributed by atoms with Gasteiger partial charge < -0.3 is 10.1 Å². The SMILES string of the molecule is O=C(Nc1ccc(Cl)c(-c2ccc(F)cn2)c1)c1ccc(N2CCOCS2=O)cc1. The van der Waals surface area contributed by atoms with Gasteiger partial charge in [-0.25, -0.2) is 8.60 Å². The highest BCUT2D eigenvalue weighted by Gasteiger charge is 2.19. The van der Waals surface area contributed by atoms with Crippen LogP contribution in [-0.2, 0) is 15.7 Å². The quantitative estimate of drug-likeness (QED) is 0.651. The number of nitrogens with zero attached hydrogens (tertiary/aromatic N) is 2. The van der Waals surface area contributed by atoms with Crippen LogP contribution in [0.15, 0.2) is 60.8 Å². The van der Waals surface area contributed by atoms with E-state index in [1.807, 2.05) is 0 Å². The Bertz CT molecular complexity index is 1090. The van der Waals surface area contributed by atoms with E-state index >= 15 is 0 Å². The summed E-state index contributed by atoms with van der Waals surface area (Å²) in [6, 6.07) is 14.7. The number of anilines is 2. The van der Waals surface area contributed by atoms with Crippen LogP contribution < -0.4 is 9.62 Å². The molecule has 0 radical (unpaired) electrons. The van der Waals surface area contributed by atoms with Gasteiger partial charge in [-0.3, -0.25) is 14.1 Å². The number of benzene rings is 2. The maximum absolute atomic E-state index is 13.1. The summed E-state index contributed by atoms with van der Waals surface area (Å²) in [7, 11) is -1.23. The summed E-state index contributed by atoms with van der Waals surface area (Å²) in [5.74, 6) is -0.571. The molecule has 1 unspecified atom stereocenters. The lowest BCUT2D eigenvalue weighted by Crippen LogP contribution is -2.36. The molecular formula is C21H17ClFN3O3S. The van der Waals surface area contributed by atoms with Gasteiger partial charge in [-0.1, -0.05) is 11.6 Å². The zero-order valence-corrected chi connectivity index (χ0v) is 17.3. The van der Waals surface area contributed by atoms with Crippen LogP contribution in [0.25, 0.3) is 11.3 Å². The van der Waals surface area contributed by atoms with Crippen LogP contribution in [0.2, 0.25) is 5.02 Å². The molecule has 2 aromatic carbocycles. The highest BCUT2D eigenvalue weighted by atomic mass is 35.5. The Balaban J connectivity index is 1.50. The van der Waals surface area contributed by atoms with Crippen LogP contribution in [0.5, 0.6) is 0 Å². The molecule has 4 rings (SSSR count). The normalized spacial score (nSPS) is 16.3. The van der Waals surface area contributed by atoms with Crippen molar-refractivity contribution in [3.63, 3.8) is 0 Å². The second kappa shape index (κ2) is 8.91. The molecule has 1 amide bonds. The third-order valence-corrected chi connectivity index (χ3v) is 6.10. The van der Waals surface area contributed by atoms with E-state index in [2.05, 4.69) is 10.3 Å². The van der Waals surface area contributed by atoms with E-state index in [-0.39, 0.29) is 11.8 Å². The first-order valence-corrected chi connectivity index (χ1v) is 10.7. The summed E-state index contributed by atoms with van der Waals surface area (Å²) in [4.78, 5) is 16.7. The Morgan fingerprint density at radius 2 is 1.97 bits per heavy atom. The summed E-state index contributed by atoms with van der Waals surface area (Å²) in [5.41, 5.74) is 2.84. The van der Waals surface area contributed by atoms with Gasteiger partial charge in [-0.05, 0) is 54.6 Å². The van der Waals surface area contributed by atoms with Gasteiger partial charge in [0.25, 0.3) is 5.91 Å². The number of carbonyl (C=O) groups is 1. The topological polar surface area (TPSA) is 71.5 Å². The molecule has 2 heterocycles. The van der Waals surface area contributed by atoms with E-state index in [0.29, 0.717) is 40.7 Å². The Labute approximate surface area is 180 Å². The molecule has 1 aromatic heterocycles. The molecule has 1 N–H and O–H groups in total. The summed E-state index contributed by atoms with van der Waals surface area (Å²) < 4.78 is 32.1. The Morgan fingerprint density at radius 3 is 2.67 bits per heavy atom. The number of pyridine rings is 1. The minimum atomic E-state index is -1.23. The summed E-state index contributed by atoms with van der Waals surface area (Å²) in [6.45, 7) is 1.04. The number of hydrogen-bond acceptors (Lipinski definition) is 4. The molecule has 9 heteroatoms. The fourth-order valence-electron chi connectivity index (χ4n) is 3.01. The zero-order chi connectivity index (χ0) is 21.1. The van der Waals surface area contributed by atoms with Crippen LogP contribution in [0.1, 0.15) is 10.4 Å². The number of carbonyl (C=O) groups excluding carboxylic acids is 1. The predicted molar refractivity (Wildman–Crippen MR) is 115 cm³/mol. The Morgan fingerprint density at radius 1 is 1.17 bits per heavy atom. The summed E-state index contributed by atoms with van der Waals surface area (Å²) in [6.07, 6.45) is 1.11. The van der Waals surface area contributed by atoms with E-state index in [9.17, 15) is 13.4 Å². The summed E-state index contributed by atoms with van der Waals surface area (Å²) in [5, 5.41) is 3.26. The minimum absolute atomic E-state index is 0.171. The van der Waals surface area contributed by atoms with Gasteiger partial charge >= 0.3 is 0 Å². The lowest BCUT2D eigenvalue weighted by atomic mass is 10.1. The van der Waals surface area contributed by atoms with Crippen molar-refractivity contribution in [1.82, 2.24) is 4.98 Å². The zero-order valence-electron chi connectivity index (χ0n) is 15.7. The van der Waals surface area contributed by atoms with Gasteiger partial charge in [-0.15, -0.1) is 0 Å². The van der Waals surface area contributed by atoms with Crippen molar-refractivity contribution in [1.29, 1.82) is 0 Å². The molecule has 0 bridgehead atoms. The van der Waals surface area contributed by atoms with Gasteiger partial charge in [0.15, 0.2) is 0 Å². The highest BCUT2D eigenvalue weighted by molar-refractivity contribution is 7.86. The average Bonchev–Trinajstić information content (AvgIpc) is 2.76. The molecule has 1 atom stereocenters. The molecule has 1 aliphatic heterocycles. The van der Waals surface area contributed by atoms with Crippen molar-refractivity contribution in [2.75, 3.05) is 28.7 Å². The van der Waals surface area contributed by atoms with Crippen LogP contribution in [0, 0.1) is 5.82 Å². The van der Waals surface area contributed by atoms with E-state index in [1.165, 1.54) is 12.1 Å². The minimum Gasteiger partial charge on any atom is -0.364 e. The van der Waals surface area contributed by atoms with Crippen molar-refractivity contribution in [2.24, 2.45) is 0 Å². The Hall–Kier alpha value is -2.81. The molecular weight excluding hydrogens is 429 g/mol. The first-order chi connectivity index (χ1) is 14.5. The van der Waals surface area contributed by atoms with Gasteiger partial charge in [0.05, 0.1) is 30.1 Å². The molecule has 0 saturated carbocycles. The molecule has 30 heavy (non-hydrogen) atoms. The van der Waals surface area contributed by atoms with E-state index in [1.54, 1.807) is 46.8 Å². The van der Waals surface area contributed by atoms with Crippen molar-refractivity contribution in [3.05, 3.63) is 77.2 Å². The molecule has 0 aliphatic carbocycles. The first-order valence-electron chi connectivity index (χ1n) is 9.08. The largest absolute Gasteiger partial charge is 0.364 e. The van der Waals surface area contributed by atoms with Gasteiger partial charge in [0.2, 0.25) is 0 Å². The lowest BCUT2D eigenvalue weighted by Gasteiger charge is -2.27. The van der Waals surface area contributed by atoms with Crippen molar-refractivity contribution >= 4 is 39.9 Å². The standard InChI is InChI=1S/C21H17ClFN3O3S/c22-19-7-4-16(11-18(19)20-8-3-15(23)12-24-20)25-21(27)14-1-5-17(6-2-14)26-9-10-29-13-30(26)28/h1-8,11-12H,9-10,13H2,(H,25,27). The maximum Gasteiger partial charge on any atom is 0.255 e. The number of halogens is 2. The Kier molecular flexibility index (Phi) is 6.08. The third-order valence-electron chi connectivity index (χ3n) is 4.51. The number of amides is 1. The average molecular weight is 446 g/mol. The number of aromatic nitrogens is 1. The molecule has 0 spiro atoms. The van der Waals surface area contributed by atoms with Gasteiger partial charge in [0.1, 0.15) is 22.7 Å². The predicted octanol–water partition coefficient (Wildman–Crippen LogP) is 4.25. The van der Waals surface area contributed by atoms with Crippen LogP contribution >= 0.6 is 11.6 Å². The lowest BCUT2D eigenvalue weighted by molar-refractivity contribution is 0.102. The first kappa shape index (κ1) is 20.5. The van der Waals surface area contributed by atoms with Crippen molar-refractivity contribution in [3.8, 4) is 11.3 Å². The smallest absolute Gasteiger partial charge is 0.255 e. The molecule has 3 aromatic rings. The number of rotatable bonds is 4. The van der Waals surface area contributed by atoms with Crippen LogP contribution in [0.4, 0.5) is 15.8 Å². The number of nitrogens with one attached hydrogen (secondary N) is 1. The van der Waals surface area contributed by atoms with Gasteiger partial charge in [0, 0.05) is 22.5 Å². The molecule has 1 saturated heterocycles. The molecule has 6 nitrogen and oxygen atoms in total. The fourth-order valence-corrected chi connectivity index (χ4v) is 4.24. The van der Waals surface area contributed by atoms with Crippen molar-refractivity contribution in [2.45, 2.75) is 0 Å². The maximum atomic E-state index is 13.1. The molecule has 1 fully saturated rings.